The molecule has 0 amide bonds. The van der Waals surface area contributed by atoms with Crippen molar-refractivity contribution in [3.8, 4) is 0 Å². The lowest BCUT2D eigenvalue weighted by Gasteiger charge is -2.05. The molecule has 0 aliphatic rings. The lowest BCUT2D eigenvalue weighted by atomic mass is 10.2. The number of hydrogen-bond donors (Lipinski definition) is 1. The smallest absolute Gasteiger partial charge is 0.0718 e. The fraction of sp³-hybridized carbons (Fsp3) is 0.538. The zero-order valence-electron chi connectivity index (χ0n) is 9.95. The SMILES string of the molecule is CCCCOCCOCc1ccc(N)cc1. The van der Waals surface area contributed by atoms with Crippen molar-refractivity contribution < 1.29 is 9.47 Å². The highest BCUT2D eigenvalue weighted by Crippen LogP contribution is 2.06. The molecule has 3 heteroatoms. The molecule has 1 aromatic carbocycles. The molecule has 0 aromatic heterocycles. The van der Waals surface area contributed by atoms with Gasteiger partial charge in [0.25, 0.3) is 0 Å². The van der Waals surface area contributed by atoms with Gasteiger partial charge in [0, 0.05) is 12.3 Å². The first kappa shape index (κ1) is 13.0. The number of unbranched alkanes of at least 4 members (excludes halogenated alkanes) is 1. The van der Waals surface area contributed by atoms with Crippen molar-refractivity contribution in [2.45, 2.75) is 26.4 Å². The molecule has 0 fully saturated rings. The second-order valence-electron chi connectivity index (χ2n) is 3.76. The Morgan fingerprint density at radius 1 is 1.00 bits per heavy atom. The summed E-state index contributed by atoms with van der Waals surface area (Å²) in [6, 6.07) is 7.73. The Hall–Kier alpha value is -1.06. The van der Waals surface area contributed by atoms with Crippen molar-refractivity contribution >= 4 is 5.69 Å². The summed E-state index contributed by atoms with van der Waals surface area (Å²) >= 11 is 0. The first-order chi connectivity index (χ1) is 7.83. The Bertz CT molecular complexity index is 272. The molecule has 1 rings (SSSR count). The predicted octanol–water partition coefficient (Wildman–Crippen LogP) is 2.60. The van der Waals surface area contributed by atoms with Crippen molar-refractivity contribution in [3.05, 3.63) is 29.8 Å². The molecule has 0 spiro atoms. The molecule has 1 aromatic rings. The van der Waals surface area contributed by atoms with E-state index in [9.17, 15) is 0 Å². The van der Waals surface area contributed by atoms with Gasteiger partial charge in [-0.25, -0.2) is 0 Å². The molecule has 2 N–H and O–H groups in total. The average molecular weight is 223 g/mol. The van der Waals surface area contributed by atoms with Crippen LogP contribution in [0.25, 0.3) is 0 Å². The minimum atomic E-state index is 0.622. The second kappa shape index (κ2) is 8.13. The lowest BCUT2D eigenvalue weighted by molar-refractivity contribution is 0.0397. The third kappa shape index (κ3) is 5.73. The molecule has 0 aliphatic carbocycles. The summed E-state index contributed by atoms with van der Waals surface area (Å²) in [5.74, 6) is 0. The maximum Gasteiger partial charge on any atom is 0.0718 e. The Labute approximate surface area is 97.6 Å². The van der Waals surface area contributed by atoms with Crippen molar-refractivity contribution in [1.82, 2.24) is 0 Å². The van der Waals surface area contributed by atoms with Gasteiger partial charge in [-0.3, -0.25) is 0 Å². The van der Waals surface area contributed by atoms with Gasteiger partial charge in [0.1, 0.15) is 0 Å². The van der Waals surface area contributed by atoms with Crippen LogP contribution < -0.4 is 5.73 Å². The molecular formula is C13H21NO2. The van der Waals surface area contributed by atoms with E-state index in [4.69, 9.17) is 15.2 Å². The molecule has 0 unspecified atom stereocenters. The van der Waals surface area contributed by atoms with Gasteiger partial charge in [-0.05, 0) is 24.1 Å². The maximum atomic E-state index is 5.59. The van der Waals surface area contributed by atoms with E-state index in [0.717, 1.165) is 24.3 Å². The van der Waals surface area contributed by atoms with E-state index in [1.54, 1.807) is 0 Å². The summed E-state index contributed by atoms with van der Waals surface area (Å²) in [5, 5.41) is 0. The zero-order valence-corrected chi connectivity index (χ0v) is 9.95. The summed E-state index contributed by atoms with van der Waals surface area (Å²) in [7, 11) is 0. The summed E-state index contributed by atoms with van der Waals surface area (Å²) < 4.78 is 10.9. The molecule has 3 nitrogen and oxygen atoms in total. The topological polar surface area (TPSA) is 44.5 Å². The molecule has 0 saturated carbocycles. The number of rotatable bonds is 8. The van der Waals surface area contributed by atoms with Crippen LogP contribution >= 0.6 is 0 Å². The number of nitrogen functional groups attached to an aromatic ring is 1. The molecular weight excluding hydrogens is 202 g/mol. The van der Waals surface area contributed by atoms with Crippen LogP contribution in [0.1, 0.15) is 25.3 Å². The van der Waals surface area contributed by atoms with E-state index in [0.29, 0.717) is 19.8 Å². The van der Waals surface area contributed by atoms with E-state index in [-0.39, 0.29) is 0 Å². The van der Waals surface area contributed by atoms with Gasteiger partial charge in [0.05, 0.1) is 19.8 Å². The number of anilines is 1. The Morgan fingerprint density at radius 3 is 2.38 bits per heavy atom. The number of nitrogens with two attached hydrogens (primary N) is 1. The second-order valence-corrected chi connectivity index (χ2v) is 3.76. The Kier molecular flexibility index (Phi) is 6.61. The van der Waals surface area contributed by atoms with Gasteiger partial charge in [-0.2, -0.15) is 0 Å². The van der Waals surface area contributed by atoms with Gasteiger partial charge >= 0.3 is 0 Å². The van der Waals surface area contributed by atoms with E-state index >= 15 is 0 Å². The van der Waals surface area contributed by atoms with Gasteiger partial charge < -0.3 is 15.2 Å². The fourth-order valence-electron chi connectivity index (χ4n) is 1.27. The van der Waals surface area contributed by atoms with Crippen LogP contribution in [0.4, 0.5) is 5.69 Å². The minimum Gasteiger partial charge on any atom is -0.399 e. The monoisotopic (exact) mass is 223 g/mol. The molecule has 16 heavy (non-hydrogen) atoms. The number of hydrogen-bond acceptors (Lipinski definition) is 3. The van der Waals surface area contributed by atoms with E-state index < -0.39 is 0 Å². The van der Waals surface area contributed by atoms with Crippen LogP contribution in [0.2, 0.25) is 0 Å². The van der Waals surface area contributed by atoms with E-state index in [1.165, 1.54) is 6.42 Å². The van der Waals surface area contributed by atoms with Crippen LogP contribution in [-0.4, -0.2) is 19.8 Å². The van der Waals surface area contributed by atoms with Crippen LogP contribution in [0, 0.1) is 0 Å². The van der Waals surface area contributed by atoms with E-state index in [2.05, 4.69) is 6.92 Å². The van der Waals surface area contributed by atoms with Crippen molar-refractivity contribution in [3.63, 3.8) is 0 Å². The standard InChI is InChI=1S/C13H21NO2/c1-2-3-8-15-9-10-16-11-12-4-6-13(14)7-5-12/h4-7H,2-3,8-11,14H2,1H3. The quantitative estimate of drug-likeness (QED) is 0.544. The normalized spacial score (nSPS) is 10.6. The van der Waals surface area contributed by atoms with Crippen LogP contribution in [0.3, 0.4) is 0 Å². The number of ether oxygens (including phenoxy) is 2. The maximum absolute atomic E-state index is 5.59. The van der Waals surface area contributed by atoms with Crippen molar-refractivity contribution in [2.75, 3.05) is 25.6 Å². The molecule has 0 bridgehead atoms. The Morgan fingerprint density at radius 2 is 1.69 bits per heavy atom. The van der Waals surface area contributed by atoms with Crippen molar-refractivity contribution in [1.29, 1.82) is 0 Å². The average Bonchev–Trinajstić information content (AvgIpc) is 2.30. The first-order valence-electron chi connectivity index (χ1n) is 5.83. The lowest BCUT2D eigenvalue weighted by Crippen LogP contribution is -2.05. The van der Waals surface area contributed by atoms with Gasteiger partial charge in [0.2, 0.25) is 0 Å². The predicted molar refractivity (Wildman–Crippen MR) is 66.2 cm³/mol. The molecule has 0 heterocycles. The van der Waals surface area contributed by atoms with Gasteiger partial charge in [0.15, 0.2) is 0 Å². The number of benzene rings is 1. The zero-order chi connectivity index (χ0) is 11.6. The summed E-state index contributed by atoms with van der Waals surface area (Å²) in [6.45, 7) is 4.93. The molecule has 0 atom stereocenters. The molecule has 90 valence electrons. The fourth-order valence-corrected chi connectivity index (χ4v) is 1.27. The van der Waals surface area contributed by atoms with E-state index in [1.807, 2.05) is 24.3 Å². The summed E-state index contributed by atoms with van der Waals surface area (Å²) in [5.41, 5.74) is 7.51. The third-order valence-corrected chi connectivity index (χ3v) is 2.26. The summed E-state index contributed by atoms with van der Waals surface area (Å²) in [6.07, 6.45) is 2.30. The molecule has 0 saturated heterocycles. The minimum absolute atomic E-state index is 0.622. The first-order valence-corrected chi connectivity index (χ1v) is 5.83. The highest BCUT2D eigenvalue weighted by atomic mass is 16.5. The van der Waals surface area contributed by atoms with Crippen LogP contribution in [-0.2, 0) is 16.1 Å². The van der Waals surface area contributed by atoms with Gasteiger partial charge in [-0.15, -0.1) is 0 Å². The Balaban J connectivity index is 2.01. The largest absolute Gasteiger partial charge is 0.399 e. The molecule has 0 radical (unpaired) electrons. The highest BCUT2D eigenvalue weighted by molar-refractivity contribution is 5.39. The highest BCUT2D eigenvalue weighted by Gasteiger charge is 1.93. The third-order valence-electron chi connectivity index (χ3n) is 2.26. The van der Waals surface area contributed by atoms with Crippen LogP contribution in [0.15, 0.2) is 24.3 Å². The summed E-state index contributed by atoms with van der Waals surface area (Å²) in [4.78, 5) is 0. The van der Waals surface area contributed by atoms with Crippen molar-refractivity contribution in [2.24, 2.45) is 0 Å². The van der Waals surface area contributed by atoms with Crippen LogP contribution in [0.5, 0.6) is 0 Å². The van der Waals surface area contributed by atoms with Gasteiger partial charge in [-0.1, -0.05) is 25.5 Å². The molecule has 0 aliphatic heterocycles.